The van der Waals surface area contributed by atoms with Gasteiger partial charge < -0.3 is 14.3 Å². The zero-order valence-electron chi connectivity index (χ0n) is 13.3. The van der Waals surface area contributed by atoms with Gasteiger partial charge in [-0.1, -0.05) is 12.1 Å². The van der Waals surface area contributed by atoms with Crippen LogP contribution in [0.2, 0.25) is 0 Å². The molecule has 2 aliphatic heterocycles. The second-order valence-corrected chi connectivity index (χ2v) is 6.86. The Morgan fingerprint density at radius 1 is 1.05 bits per heavy atom. The van der Waals surface area contributed by atoms with Crippen molar-refractivity contribution in [1.82, 2.24) is 9.97 Å². The van der Waals surface area contributed by atoms with Crippen molar-refractivity contribution < 1.29 is 9.31 Å². The van der Waals surface area contributed by atoms with E-state index in [2.05, 4.69) is 49.8 Å². The summed E-state index contributed by atoms with van der Waals surface area (Å²) in [6.45, 7) is 8.30. The molecule has 1 saturated heterocycles. The number of rotatable bonds is 1. The molecule has 4 nitrogen and oxygen atoms in total. The second-order valence-electron chi connectivity index (χ2n) is 6.86. The first-order valence-corrected chi connectivity index (χ1v) is 7.60. The molecule has 112 valence electrons. The molecule has 0 radical (unpaired) electrons. The molecule has 0 unspecified atom stereocenters. The molecule has 1 aromatic heterocycles. The fourth-order valence-electron chi connectivity index (χ4n) is 3.04. The Kier molecular flexibility index (Phi) is 2.72. The van der Waals surface area contributed by atoms with Gasteiger partial charge >= 0.3 is 7.12 Å². The highest BCUT2D eigenvalue weighted by Gasteiger charge is 2.53. The SMILES string of the molecule is CC1(C)OB(c2c3ccc[nH]c-3c3ncccc23)OC1(C)C. The lowest BCUT2D eigenvalue weighted by atomic mass is 9.76. The third-order valence-corrected chi connectivity index (χ3v) is 4.97. The van der Waals surface area contributed by atoms with Gasteiger partial charge in [0.15, 0.2) is 0 Å². The zero-order chi connectivity index (χ0) is 15.5. The van der Waals surface area contributed by atoms with Crippen LogP contribution in [0.3, 0.4) is 0 Å². The number of fused-ring (bicyclic) bond motifs is 3. The van der Waals surface area contributed by atoms with Crippen LogP contribution in [-0.4, -0.2) is 28.3 Å². The molecule has 1 N–H and O–H groups in total. The predicted molar refractivity (Wildman–Crippen MR) is 88.4 cm³/mol. The molecule has 0 amide bonds. The van der Waals surface area contributed by atoms with Gasteiger partial charge in [-0.25, -0.2) is 0 Å². The Morgan fingerprint density at radius 3 is 2.50 bits per heavy atom. The summed E-state index contributed by atoms with van der Waals surface area (Å²) in [6, 6.07) is 8.12. The minimum absolute atomic E-state index is 0.353. The van der Waals surface area contributed by atoms with E-state index in [0.717, 1.165) is 27.6 Å². The molecule has 1 aliphatic carbocycles. The quantitative estimate of drug-likeness (QED) is 0.702. The van der Waals surface area contributed by atoms with Crippen molar-refractivity contribution in [3.8, 4) is 11.3 Å². The van der Waals surface area contributed by atoms with Gasteiger partial charge in [0.1, 0.15) is 0 Å². The number of pyridine rings is 2. The Hall–Kier alpha value is -1.85. The molecule has 0 spiro atoms. The van der Waals surface area contributed by atoms with Crippen molar-refractivity contribution in [1.29, 1.82) is 0 Å². The van der Waals surface area contributed by atoms with E-state index in [1.165, 1.54) is 0 Å². The minimum Gasteiger partial charge on any atom is -0.399 e. The topological polar surface area (TPSA) is 47.1 Å². The van der Waals surface area contributed by atoms with E-state index in [-0.39, 0.29) is 18.3 Å². The first-order valence-electron chi connectivity index (χ1n) is 7.60. The van der Waals surface area contributed by atoms with E-state index >= 15 is 0 Å². The molecule has 3 heterocycles. The molecular formula is C17H19BN2O2. The molecule has 0 saturated carbocycles. The van der Waals surface area contributed by atoms with Crippen molar-refractivity contribution in [3.05, 3.63) is 36.7 Å². The minimum atomic E-state index is -0.384. The molecule has 0 bridgehead atoms. The van der Waals surface area contributed by atoms with Crippen LogP contribution >= 0.6 is 0 Å². The van der Waals surface area contributed by atoms with Crippen LogP contribution in [-0.2, 0) is 9.31 Å². The third kappa shape index (κ3) is 1.76. The number of aromatic nitrogens is 2. The summed E-state index contributed by atoms with van der Waals surface area (Å²) in [5.41, 5.74) is 3.46. The molecule has 4 rings (SSSR count). The predicted octanol–water partition coefficient (Wildman–Crippen LogP) is 2.97. The molecule has 3 aliphatic rings. The highest BCUT2D eigenvalue weighted by atomic mass is 16.7. The maximum atomic E-state index is 6.26. The van der Waals surface area contributed by atoms with E-state index in [1.807, 2.05) is 24.5 Å². The van der Waals surface area contributed by atoms with Gasteiger partial charge in [-0.3, -0.25) is 4.98 Å². The number of hydrogen-bond donors (Lipinski definition) is 1. The van der Waals surface area contributed by atoms with Crippen LogP contribution in [0.25, 0.3) is 22.2 Å². The summed E-state index contributed by atoms with van der Waals surface area (Å²) in [5, 5.41) is 1.08. The Bertz CT molecular complexity index is 809. The van der Waals surface area contributed by atoms with Gasteiger partial charge in [-0.15, -0.1) is 0 Å². The summed E-state index contributed by atoms with van der Waals surface area (Å²) < 4.78 is 12.5. The monoisotopic (exact) mass is 294 g/mol. The number of nitrogens with one attached hydrogen (secondary N) is 1. The van der Waals surface area contributed by atoms with Crippen LogP contribution in [0.15, 0.2) is 36.7 Å². The smallest absolute Gasteiger partial charge is 0.399 e. The van der Waals surface area contributed by atoms with Gasteiger partial charge in [-0.2, -0.15) is 0 Å². The normalized spacial score (nSPS) is 20.1. The number of hydrogen-bond acceptors (Lipinski definition) is 3. The molecule has 1 aromatic rings. The lowest BCUT2D eigenvalue weighted by molar-refractivity contribution is 0.00578. The first kappa shape index (κ1) is 13.8. The van der Waals surface area contributed by atoms with Gasteiger partial charge in [0.25, 0.3) is 0 Å². The van der Waals surface area contributed by atoms with Gasteiger partial charge in [0.05, 0.1) is 22.4 Å². The highest BCUT2D eigenvalue weighted by molar-refractivity contribution is 6.67. The van der Waals surface area contributed by atoms with Crippen molar-refractivity contribution in [3.63, 3.8) is 0 Å². The third-order valence-electron chi connectivity index (χ3n) is 4.97. The van der Waals surface area contributed by atoms with Gasteiger partial charge in [-0.05, 0) is 39.8 Å². The lowest BCUT2D eigenvalue weighted by Crippen LogP contribution is -2.41. The van der Waals surface area contributed by atoms with E-state index in [1.54, 1.807) is 0 Å². The Labute approximate surface area is 130 Å². The first-order chi connectivity index (χ1) is 10.4. The molecule has 0 aromatic carbocycles. The molecule has 1 fully saturated rings. The number of nitrogens with zero attached hydrogens (tertiary/aromatic N) is 1. The van der Waals surface area contributed by atoms with E-state index in [9.17, 15) is 0 Å². The number of H-pyrrole nitrogens is 1. The zero-order valence-corrected chi connectivity index (χ0v) is 13.3. The molecule has 0 atom stereocenters. The average molecular weight is 294 g/mol. The maximum absolute atomic E-state index is 6.26. The lowest BCUT2D eigenvalue weighted by Gasteiger charge is -2.32. The van der Waals surface area contributed by atoms with Crippen molar-refractivity contribution in [2.45, 2.75) is 38.9 Å². The van der Waals surface area contributed by atoms with E-state index < -0.39 is 0 Å². The summed E-state index contributed by atoms with van der Waals surface area (Å²) in [5.74, 6) is 0. The van der Waals surface area contributed by atoms with Crippen LogP contribution in [0.4, 0.5) is 0 Å². The summed E-state index contributed by atoms with van der Waals surface area (Å²) in [7, 11) is -0.384. The molecule has 22 heavy (non-hydrogen) atoms. The Balaban J connectivity index is 1.95. The largest absolute Gasteiger partial charge is 0.496 e. The Morgan fingerprint density at radius 2 is 1.77 bits per heavy atom. The summed E-state index contributed by atoms with van der Waals surface area (Å²) in [4.78, 5) is 7.84. The van der Waals surface area contributed by atoms with Gasteiger partial charge in [0, 0.05) is 28.8 Å². The van der Waals surface area contributed by atoms with Crippen molar-refractivity contribution in [2.24, 2.45) is 0 Å². The van der Waals surface area contributed by atoms with E-state index in [4.69, 9.17) is 9.31 Å². The fraction of sp³-hybridized carbons (Fsp3) is 0.353. The fourth-order valence-corrected chi connectivity index (χ4v) is 3.04. The van der Waals surface area contributed by atoms with E-state index in [0.29, 0.717) is 0 Å². The van der Waals surface area contributed by atoms with Crippen molar-refractivity contribution >= 4 is 23.5 Å². The van der Waals surface area contributed by atoms with Gasteiger partial charge in [0.2, 0.25) is 0 Å². The number of aromatic amines is 1. The van der Waals surface area contributed by atoms with Crippen LogP contribution in [0.5, 0.6) is 0 Å². The highest BCUT2D eigenvalue weighted by Crippen LogP contribution is 2.39. The van der Waals surface area contributed by atoms with Crippen molar-refractivity contribution in [2.75, 3.05) is 0 Å². The average Bonchev–Trinajstić information content (AvgIpc) is 2.90. The second kappa shape index (κ2) is 4.34. The van der Waals surface area contributed by atoms with Crippen LogP contribution in [0, 0.1) is 0 Å². The standard InChI is InChI=1S/C17H19BN2O2/c1-16(2)17(3,4)22-18(21-16)13-11-7-5-9-19-14(11)15-12(13)8-6-10-20-15/h5-10,19H,1-4H3. The summed E-state index contributed by atoms with van der Waals surface area (Å²) in [6.07, 6.45) is 3.74. The summed E-state index contributed by atoms with van der Waals surface area (Å²) >= 11 is 0. The van der Waals surface area contributed by atoms with Crippen LogP contribution in [0.1, 0.15) is 27.7 Å². The molecular weight excluding hydrogens is 275 g/mol. The van der Waals surface area contributed by atoms with Crippen LogP contribution < -0.4 is 5.46 Å². The maximum Gasteiger partial charge on any atom is 0.496 e. The molecule has 5 heteroatoms.